The SMILES string of the molecule is Cc1cc([C@@H]2CN(C(=O)c3cc(C)sc3C)CC[C@H]2C)n2ncnc2n1. The highest BCUT2D eigenvalue weighted by atomic mass is 32.1. The summed E-state index contributed by atoms with van der Waals surface area (Å²) in [4.78, 5) is 26.0. The number of hydrogen-bond donors (Lipinski definition) is 0. The van der Waals surface area contributed by atoms with E-state index in [-0.39, 0.29) is 11.8 Å². The van der Waals surface area contributed by atoms with Gasteiger partial charge in [0.2, 0.25) is 0 Å². The predicted molar refractivity (Wildman–Crippen MR) is 102 cm³/mol. The number of nitrogens with zero attached hydrogens (tertiary/aromatic N) is 5. The molecular formula is C19H23N5OS. The number of fused-ring (bicyclic) bond motifs is 1. The normalized spacial score (nSPS) is 20.7. The molecule has 0 aromatic carbocycles. The molecule has 3 aromatic heterocycles. The molecule has 0 N–H and O–H groups in total. The zero-order valence-electron chi connectivity index (χ0n) is 15.6. The minimum absolute atomic E-state index is 0.143. The average Bonchev–Trinajstić information content (AvgIpc) is 3.19. The van der Waals surface area contributed by atoms with Crippen LogP contribution in [0.25, 0.3) is 5.78 Å². The molecule has 0 spiro atoms. The van der Waals surface area contributed by atoms with Crippen molar-refractivity contribution >= 4 is 23.0 Å². The van der Waals surface area contributed by atoms with Crippen molar-refractivity contribution < 1.29 is 4.79 Å². The van der Waals surface area contributed by atoms with Crippen molar-refractivity contribution in [2.75, 3.05) is 13.1 Å². The number of aromatic nitrogens is 4. The maximum atomic E-state index is 13.1. The highest BCUT2D eigenvalue weighted by molar-refractivity contribution is 7.12. The molecule has 1 aliphatic rings. The van der Waals surface area contributed by atoms with E-state index >= 15 is 0 Å². The first-order valence-electron chi connectivity index (χ1n) is 8.97. The average molecular weight is 369 g/mol. The van der Waals surface area contributed by atoms with Gasteiger partial charge in [0.25, 0.3) is 11.7 Å². The van der Waals surface area contributed by atoms with Crippen LogP contribution >= 0.6 is 11.3 Å². The number of piperidine rings is 1. The molecule has 4 heterocycles. The maximum absolute atomic E-state index is 13.1. The van der Waals surface area contributed by atoms with Crippen LogP contribution in [0.5, 0.6) is 0 Å². The zero-order chi connectivity index (χ0) is 18.4. The van der Waals surface area contributed by atoms with E-state index in [0.717, 1.165) is 34.8 Å². The lowest BCUT2D eigenvalue weighted by atomic mass is 9.84. The highest BCUT2D eigenvalue weighted by Crippen LogP contribution is 2.33. The summed E-state index contributed by atoms with van der Waals surface area (Å²) in [5.74, 6) is 1.46. The Labute approximate surface area is 156 Å². The number of amides is 1. The van der Waals surface area contributed by atoms with Crippen LogP contribution < -0.4 is 0 Å². The van der Waals surface area contributed by atoms with E-state index < -0.39 is 0 Å². The van der Waals surface area contributed by atoms with Gasteiger partial charge in [0.15, 0.2) is 0 Å². The Bertz CT molecular complexity index is 976. The smallest absolute Gasteiger partial charge is 0.255 e. The summed E-state index contributed by atoms with van der Waals surface area (Å²) in [7, 11) is 0. The van der Waals surface area contributed by atoms with Gasteiger partial charge in [-0.1, -0.05) is 6.92 Å². The van der Waals surface area contributed by atoms with Crippen LogP contribution in [0.2, 0.25) is 0 Å². The quantitative estimate of drug-likeness (QED) is 0.695. The Balaban J connectivity index is 1.67. The second-order valence-corrected chi connectivity index (χ2v) is 8.71. The summed E-state index contributed by atoms with van der Waals surface area (Å²) < 4.78 is 1.82. The van der Waals surface area contributed by atoms with E-state index in [1.165, 1.54) is 4.88 Å². The monoisotopic (exact) mass is 369 g/mol. The first kappa shape index (κ1) is 17.1. The Morgan fingerprint density at radius 1 is 1.27 bits per heavy atom. The first-order chi connectivity index (χ1) is 12.4. The summed E-state index contributed by atoms with van der Waals surface area (Å²) in [5, 5.41) is 4.36. The Morgan fingerprint density at radius 2 is 2.08 bits per heavy atom. The van der Waals surface area contributed by atoms with Crippen LogP contribution in [0, 0.1) is 26.7 Å². The molecule has 0 saturated carbocycles. The third-order valence-corrected chi connectivity index (χ3v) is 6.27. The number of rotatable bonds is 2. The van der Waals surface area contributed by atoms with Crippen LogP contribution in [-0.2, 0) is 0 Å². The number of hydrogen-bond acceptors (Lipinski definition) is 5. The van der Waals surface area contributed by atoms with Gasteiger partial charge in [-0.3, -0.25) is 4.79 Å². The summed E-state index contributed by atoms with van der Waals surface area (Å²) in [6, 6.07) is 4.10. The van der Waals surface area contributed by atoms with E-state index in [9.17, 15) is 4.79 Å². The molecule has 0 bridgehead atoms. The predicted octanol–water partition coefficient (Wildman–Crippen LogP) is 3.38. The molecule has 7 heteroatoms. The van der Waals surface area contributed by atoms with E-state index in [4.69, 9.17) is 0 Å². The van der Waals surface area contributed by atoms with Gasteiger partial charge in [-0.05, 0) is 45.2 Å². The van der Waals surface area contributed by atoms with E-state index in [2.05, 4.69) is 35.0 Å². The fourth-order valence-electron chi connectivity index (χ4n) is 3.88. The van der Waals surface area contributed by atoms with E-state index in [1.807, 2.05) is 29.3 Å². The molecule has 4 rings (SSSR count). The molecule has 1 fully saturated rings. The first-order valence-corrected chi connectivity index (χ1v) is 9.79. The highest BCUT2D eigenvalue weighted by Gasteiger charge is 2.33. The molecule has 1 saturated heterocycles. The van der Waals surface area contributed by atoms with Gasteiger partial charge in [0.1, 0.15) is 6.33 Å². The molecule has 1 amide bonds. The van der Waals surface area contributed by atoms with Crippen LogP contribution in [0.3, 0.4) is 0 Å². The van der Waals surface area contributed by atoms with Crippen molar-refractivity contribution in [3.63, 3.8) is 0 Å². The number of carbonyl (C=O) groups is 1. The van der Waals surface area contributed by atoms with Gasteiger partial charge in [0.05, 0.1) is 11.3 Å². The lowest BCUT2D eigenvalue weighted by molar-refractivity contribution is 0.0666. The fourth-order valence-corrected chi connectivity index (χ4v) is 4.79. The molecule has 2 atom stereocenters. The zero-order valence-corrected chi connectivity index (χ0v) is 16.4. The van der Waals surface area contributed by atoms with E-state index in [0.29, 0.717) is 18.2 Å². The van der Waals surface area contributed by atoms with E-state index in [1.54, 1.807) is 17.7 Å². The molecule has 0 radical (unpaired) electrons. The number of likely N-dealkylation sites (tertiary alicyclic amines) is 1. The van der Waals surface area contributed by atoms with Gasteiger partial charge < -0.3 is 4.90 Å². The lowest BCUT2D eigenvalue weighted by Gasteiger charge is -2.37. The third-order valence-electron chi connectivity index (χ3n) is 5.30. The van der Waals surface area contributed by atoms with Crippen molar-refractivity contribution in [2.45, 2.75) is 40.0 Å². The second-order valence-electron chi connectivity index (χ2n) is 7.24. The number of aryl methyl sites for hydroxylation is 3. The Kier molecular flexibility index (Phi) is 4.26. The Morgan fingerprint density at radius 3 is 2.81 bits per heavy atom. The Hall–Kier alpha value is -2.28. The van der Waals surface area contributed by atoms with Crippen LogP contribution in [0.15, 0.2) is 18.5 Å². The van der Waals surface area contributed by atoms with Crippen LogP contribution in [0.4, 0.5) is 0 Å². The molecule has 3 aromatic rings. The van der Waals surface area contributed by atoms with Gasteiger partial charge >= 0.3 is 0 Å². The molecule has 0 unspecified atom stereocenters. The minimum atomic E-state index is 0.143. The molecule has 26 heavy (non-hydrogen) atoms. The van der Waals surface area contributed by atoms with Crippen molar-refractivity contribution in [1.82, 2.24) is 24.5 Å². The fraction of sp³-hybridized carbons (Fsp3) is 0.474. The molecule has 0 aliphatic carbocycles. The summed E-state index contributed by atoms with van der Waals surface area (Å²) in [6.45, 7) is 9.82. The van der Waals surface area contributed by atoms with Crippen LogP contribution in [0.1, 0.15) is 50.8 Å². The minimum Gasteiger partial charge on any atom is -0.338 e. The van der Waals surface area contributed by atoms with Gasteiger partial charge in [-0.25, -0.2) is 9.50 Å². The molecular weight excluding hydrogens is 346 g/mol. The molecule has 136 valence electrons. The van der Waals surface area contributed by atoms with Crippen molar-refractivity contribution in [1.29, 1.82) is 0 Å². The molecule has 1 aliphatic heterocycles. The van der Waals surface area contributed by atoms with Crippen molar-refractivity contribution in [3.05, 3.63) is 45.2 Å². The number of carbonyl (C=O) groups excluding carboxylic acids is 1. The standard InChI is InChI=1S/C19H23N5OS/c1-11-5-6-23(18(25)15-8-13(3)26-14(15)4)9-16(11)17-7-12(2)22-19-20-10-21-24(17)19/h7-8,10-11,16H,5-6,9H2,1-4H3/t11-,16-/m1/s1. The third kappa shape index (κ3) is 2.90. The molecule has 6 nitrogen and oxygen atoms in total. The topological polar surface area (TPSA) is 63.4 Å². The second kappa shape index (κ2) is 6.46. The largest absolute Gasteiger partial charge is 0.338 e. The van der Waals surface area contributed by atoms with Gasteiger partial charge in [-0.2, -0.15) is 10.1 Å². The van der Waals surface area contributed by atoms with Crippen molar-refractivity contribution in [3.8, 4) is 0 Å². The summed E-state index contributed by atoms with van der Waals surface area (Å²) in [5.41, 5.74) is 2.87. The maximum Gasteiger partial charge on any atom is 0.255 e. The number of thiophene rings is 1. The van der Waals surface area contributed by atoms with Gasteiger partial charge in [0, 0.05) is 34.5 Å². The van der Waals surface area contributed by atoms with Gasteiger partial charge in [-0.15, -0.1) is 11.3 Å². The van der Waals surface area contributed by atoms with Crippen molar-refractivity contribution in [2.24, 2.45) is 5.92 Å². The van der Waals surface area contributed by atoms with Crippen LogP contribution in [-0.4, -0.2) is 43.5 Å². The summed E-state index contributed by atoms with van der Waals surface area (Å²) in [6.07, 6.45) is 2.52. The lowest BCUT2D eigenvalue weighted by Crippen LogP contribution is -2.42. The summed E-state index contributed by atoms with van der Waals surface area (Å²) >= 11 is 1.69.